The molecule has 2 aliphatic rings. The fourth-order valence-corrected chi connectivity index (χ4v) is 3.26. The highest BCUT2D eigenvalue weighted by atomic mass is 19.4. The largest absolute Gasteiger partial charge is 0.416 e. The number of nitrogens with two attached hydrogens (primary N) is 1. The van der Waals surface area contributed by atoms with Gasteiger partial charge in [0.2, 0.25) is 0 Å². The molecule has 2 aliphatic carbocycles. The number of halogens is 3. The van der Waals surface area contributed by atoms with Crippen molar-refractivity contribution in [3.8, 4) is 0 Å². The van der Waals surface area contributed by atoms with Gasteiger partial charge < -0.3 is 11.1 Å². The van der Waals surface area contributed by atoms with Gasteiger partial charge in [-0.25, -0.2) is 0 Å². The average Bonchev–Trinajstić information content (AvgIpc) is 3.20. The van der Waals surface area contributed by atoms with Gasteiger partial charge in [0.25, 0.3) is 0 Å². The molecule has 0 heterocycles. The lowest BCUT2D eigenvalue weighted by Gasteiger charge is -2.27. The molecule has 0 bridgehead atoms. The SMILES string of the molecule is NC1CCC(N[C@H]2C[C@@H]2c2ccc(C(F)(F)F)cc2)CC1. The molecule has 0 amide bonds. The van der Waals surface area contributed by atoms with Crippen LogP contribution in [0.2, 0.25) is 0 Å². The van der Waals surface area contributed by atoms with Gasteiger partial charge in [-0.1, -0.05) is 12.1 Å². The van der Waals surface area contributed by atoms with Crippen LogP contribution in [0.3, 0.4) is 0 Å². The first-order valence-electron chi connectivity index (χ1n) is 7.62. The maximum Gasteiger partial charge on any atom is 0.416 e. The van der Waals surface area contributed by atoms with Gasteiger partial charge in [-0.2, -0.15) is 13.2 Å². The van der Waals surface area contributed by atoms with Gasteiger partial charge in [0, 0.05) is 24.0 Å². The van der Waals surface area contributed by atoms with Crippen LogP contribution in [0.4, 0.5) is 13.2 Å². The molecule has 0 saturated heterocycles. The fraction of sp³-hybridized carbons (Fsp3) is 0.625. The molecule has 2 nitrogen and oxygen atoms in total. The van der Waals surface area contributed by atoms with Crippen LogP contribution in [0, 0.1) is 0 Å². The minimum absolute atomic E-state index is 0.341. The third-order valence-electron chi connectivity index (χ3n) is 4.68. The van der Waals surface area contributed by atoms with E-state index in [1.54, 1.807) is 12.1 Å². The minimum Gasteiger partial charge on any atom is -0.328 e. The number of hydrogen-bond acceptors (Lipinski definition) is 2. The number of nitrogens with one attached hydrogen (secondary N) is 1. The summed E-state index contributed by atoms with van der Waals surface area (Å²) in [6, 6.07) is 6.88. The Morgan fingerprint density at radius 1 is 1.00 bits per heavy atom. The monoisotopic (exact) mass is 298 g/mol. The van der Waals surface area contributed by atoms with Crippen LogP contribution < -0.4 is 11.1 Å². The molecule has 21 heavy (non-hydrogen) atoms. The second-order valence-electron chi connectivity index (χ2n) is 6.35. The molecule has 0 unspecified atom stereocenters. The Balaban J connectivity index is 1.53. The summed E-state index contributed by atoms with van der Waals surface area (Å²) in [7, 11) is 0. The molecule has 0 aromatic heterocycles. The van der Waals surface area contributed by atoms with Gasteiger partial charge in [-0.05, 0) is 49.8 Å². The summed E-state index contributed by atoms with van der Waals surface area (Å²) >= 11 is 0. The summed E-state index contributed by atoms with van der Waals surface area (Å²) in [5.41, 5.74) is 6.33. The molecule has 0 aliphatic heterocycles. The predicted octanol–water partition coefficient (Wildman–Crippen LogP) is 3.42. The third-order valence-corrected chi connectivity index (χ3v) is 4.68. The van der Waals surface area contributed by atoms with Crippen LogP contribution in [0.25, 0.3) is 0 Å². The van der Waals surface area contributed by atoms with Crippen molar-refractivity contribution in [3.05, 3.63) is 35.4 Å². The maximum atomic E-state index is 12.5. The summed E-state index contributed by atoms with van der Waals surface area (Å²) in [5.74, 6) is 0.364. The molecule has 2 atom stereocenters. The van der Waals surface area contributed by atoms with Crippen molar-refractivity contribution in [2.24, 2.45) is 5.73 Å². The van der Waals surface area contributed by atoms with Crippen LogP contribution in [-0.4, -0.2) is 18.1 Å². The number of hydrogen-bond donors (Lipinski definition) is 2. The molecule has 0 spiro atoms. The van der Waals surface area contributed by atoms with Gasteiger partial charge in [-0.15, -0.1) is 0 Å². The highest BCUT2D eigenvalue weighted by molar-refractivity contribution is 5.32. The Kier molecular flexibility index (Phi) is 3.97. The zero-order chi connectivity index (χ0) is 15.0. The summed E-state index contributed by atoms with van der Waals surface area (Å²) in [5, 5.41) is 3.63. The first kappa shape index (κ1) is 14.9. The molecular weight excluding hydrogens is 277 g/mol. The Labute approximate surface area is 122 Å². The van der Waals surface area contributed by atoms with Crippen molar-refractivity contribution in [2.75, 3.05) is 0 Å². The minimum atomic E-state index is -4.25. The number of alkyl halides is 3. The van der Waals surface area contributed by atoms with E-state index in [1.807, 2.05) is 0 Å². The molecular formula is C16H21F3N2. The van der Waals surface area contributed by atoms with Gasteiger partial charge >= 0.3 is 6.18 Å². The summed E-state index contributed by atoms with van der Waals surface area (Å²) in [6.07, 6.45) is 1.12. The quantitative estimate of drug-likeness (QED) is 0.897. The molecule has 116 valence electrons. The first-order chi connectivity index (χ1) is 9.93. The number of rotatable bonds is 3. The van der Waals surface area contributed by atoms with Crippen LogP contribution in [0.5, 0.6) is 0 Å². The molecule has 3 rings (SSSR count). The smallest absolute Gasteiger partial charge is 0.328 e. The van der Waals surface area contributed by atoms with E-state index < -0.39 is 11.7 Å². The first-order valence-corrected chi connectivity index (χ1v) is 7.62. The second kappa shape index (κ2) is 5.61. The molecule has 2 fully saturated rings. The van der Waals surface area contributed by atoms with Crippen LogP contribution in [-0.2, 0) is 6.18 Å². The number of benzene rings is 1. The van der Waals surface area contributed by atoms with E-state index in [9.17, 15) is 13.2 Å². The van der Waals surface area contributed by atoms with Crippen molar-refractivity contribution in [3.63, 3.8) is 0 Å². The van der Waals surface area contributed by atoms with E-state index in [0.717, 1.165) is 37.7 Å². The summed E-state index contributed by atoms with van der Waals surface area (Å²) < 4.78 is 37.6. The van der Waals surface area contributed by atoms with Crippen molar-refractivity contribution >= 4 is 0 Å². The van der Waals surface area contributed by atoms with E-state index in [-0.39, 0.29) is 0 Å². The maximum absolute atomic E-state index is 12.5. The molecule has 2 saturated carbocycles. The average molecular weight is 298 g/mol. The van der Waals surface area contributed by atoms with E-state index in [1.165, 1.54) is 12.1 Å². The zero-order valence-corrected chi connectivity index (χ0v) is 11.9. The lowest BCUT2D eigenvalue weighted by atomic mass is 9.92. The Morgan fingerprint density at radius 3 is 2.19 bits per heavy atom. The third kappa shape index (κ3) is 3.58. The van der Waals surface area contributed by atoms with Crippen molar-refractivity contribution in [2.45, 2.75) is 62.3 Å². The lowest BCUT2D eigenvalue weighted by molar-refractivity contribution is -0.137. The van der Waals surface area contributed by atoms with E-state index >= 15 is 0 Å². The van der Waals surface area contributed by atoms with Crippen molar-refractivity contribution in [1.29, 1.82) is 0 Å². The standard InChI is InChI=1S/C16H21F3N2/c17-16(18,19)11-3-1-10(2-4-11)14-9-15(14)21-13-7-5-12(20)6-8-13/h1-4,12-15,21H,5-9,20H2/t12?,13?,14-,15+/m1/s1. The predicted molar refractivity (Wildman–Crippen MR) is 76.0 cm³/mol. The topological polar surface area (TPSA) is 38.0 Å². The highest BCUT2D eigenvalue weighted by Crippen LogP contribution is 2.42. The molecule has 5 heteroatoms. The van der Waals surface area contributed by atoms with Crippen LogP contribution in [0.1, 0.15) is 49.1 Å². The van der Waals surface area contributed by atoms with Gasteiger partial charge in [0.15, 0.2) is 0 Å². The fourth-order valence-electron chi connectivity index (χ4n) is 3.26. The molecule has 3 N–H and O–H groups in total. The van der Waals surface area contributed by atoms with Crippen molar-refractivity contribution < 1.29 is 13.2 Å². The molecule has 0 radical (unpaired) electrons. The van der Waals surface area contributed by atoms with E-state index in [4.69, 9.17) is 5.73 Å². The molecule has 1 aromatic rings. The lowest BCUT2D eigenvalue weighted by Crippen LogP contribution is -2.38. The van der Waals surface area contributed by atoms with Crippen LogP contribution in [0.15, 0.2) is 24.3 Å². The summed E-state index contributed by atoms with van der Waals surface area (Å²) in [4.78, 5) is 0. The van der Waals surface area contributed by atoms with E-state index in [0.29, 0.717) is 24.0 Å². The second-order valence-corrected chi connectivity index (χ2v) is 6.35. The Morgan fingerprint density at radius 2 is 1.62 bits per heavy atom. The van der Waals surface area contributed by atoms with Gasteiger partial charge in [-0.3, -0.25) is 0 Å². The Hall–Kier alpha value is -1.07. The molecule has 1 aromatic carbocycles. The highest BCUT2D eigenvalue weighted by Gasteiger charge is 2.40. The zero-order valence-electron chi connectivity index (χ0n) is 11.9. The van der Waals surface area contributed by atoms with Gasteiger partial charge in [0.05, 0.1) is 5.56 Å². The van der Waals surface area contributed by atoms with Gasteiger partial charge in [0.1, 0.15) is 0 Å². The summed E-state index contributed by atoms with van der Waals surface area (Å²) in [6.45, 7) is 0. The Bertz CT molecular complexity index is 475. The van der Waals surface area contributed by atoms with Crippen LogP contribution >= 0.6 is 0 Å². The van der Waals surface area contributed by atoms with E-state index in [2.05, 4.69) is 5.32 Å². The normalized spacial score (nSPS) is 33.0. The van der Waals surface area contributed by atoms with Crippen molar-refractivity contribution in [1.82, 2.24) is 5.32 Å².